The molecule has 3 rings (SSSR count). The molecule has 0 unspecified atom stereocenters. The molecule has 0 saturated carbocycles. The van der Waals surface area contributed by atoms with Crippen molar-refractivity contribution >= 4 is 17.5 Å². The van der Waals surface area contributed by atoms with Crippen LogP contribution in [0.4, 0.5) is 5.69 Å². The lowest BCUT2D eigenvalue weighted by molar-refractivity contribution is -0.115. The van der Waals surface area contributed by atoms with Gasteiger partial charge in [-0.2, -0.15) is 5.10 Å². The molecular formula is C21H22N4O2. The minimum atomic E-state index is -0.325. The quantitative estimate of drug-likeness (QED) is 0.707. The third kappa shape index (κ3) is 4.23. The first kappa shape index (κ1) is 18.4. The number of nitrogens with zero attached hydrogens (tertiary/aromatic N) is 2. The summed E-state index contributed by atoms with van der Waals surface area (Å²) in [5.74, 6) is -0.592. The molecule has 6 heteroatoms. The Morgan fingerprint density at radius 2 is 1.74 bits per heavy atom. The number of aromatic nitrogens is 2. The standard InChI is InChI=1S/C21H22N4O2/c1-3-16-9-7-8-12-19(16)24-20(26)14-22-21(27)18-13-23-25(15(18)2)17-10-5-4-6-11-17/h4-13H,3,14H2,1-2H3,(H,22,27)(H,24,26). The first-order valence-electron chi connectivity index (χ1n) is 8.86. The van der Waals surface area contributed by atoms with Gasteiger partial charge in [-0.1, -0.05) is 43.3 Å². The molecule has 0 aliphatic carbocycles. The van der Waals surface area contributed by atoms with Crippen molar-refractivity contribution in [2.24, 2.45) is 0 Å². The third-order valence-corrected chi connectivity index (χ3v) is 4.34. The summed E-state index contributed by atoms with van der Waals surface area (Å²) < 4.78 is 1.70. The van der Waals surface area contributed by atoms with Crippen LogP contribution in [0.5, 0.6) is 0 Å². The minimum Gasteiger partial charge on any atom is -0.343 e. The van der Waals surface area contributed by atoms with Crippen LogP contribution in [-0.4, -0.2) is 28.1 Å². The third-order valence-electron chi connectivity index (χ3n) is 4.34. The smallest absolute Gasteiger partial charge is 0.255 e. The van der Waals surface area contributed by atoms with Crippen LogP contribution in [0.15, 0.2) is 60.8 Å². The molecule has 2 aromatic carbocycles. The van der Waals surface area contributed by atoms with Crippen molar-refractivity contribution in [1.29, 1.82) is 0 Å². The number of para-hydroxylation sites is 2. The van der Waals surface area contributed by atoms with Crippen molar-refractivity contribution in [3.05, 3.63) is 77.6 Å². The number of hydrogen-bond acceptors (Lipinski definition) is 3. The zero-order valence-corrected chi connectivity index (χ0v) is 15.4. The van der Waals surface area contributed by atoms with Gasteiger partial charge in [0.15, 0.2) is 0 Å². The average Bonchev–Trinajstić information content (AvgIpc) is 3.08. The molecule has 0 atom stereocenters. The van der Waals surface area contributed by atoms with Crippen molar-refractivity contribution in [3.63, 3.8) is 0 Å². The summed E-state index contributed by atoms with van der Waals surface area (Å²) in [6.45, 7) is 3.75. The summed E-state index contributed by atoms with van der Waals surface area (Å²) in [7, 11) is 0. The van der Waals surface area contributed by atoms with Crippen molar-refractivity contribution in [3.8, 4) is 5.69 Å². The highest BCUT2D eigenvalue weighted by atomic mass is 16.2. The van der Waals surface area contributed by atoms with Gasteiger partial charge in [-0.3, -0.25) is 9.59 Å². The van der Waals surface area contributed by atoms with E-state index < -0.39 is 0 Å². The molecule has 1 heterocycles. The number of carbonyl (C=O) groups is 2. The molecule has 0 spiro atoms. The van der Waals surface area contributed by atoms with Gasteiger partial charge in [-0.05, 0) is 37.1 Å². The molecule has 3 aromatic rings. The zero-order valence-electron chi connectivity index (χ0n) is 15.4. The lowest BCUT2D eigenvalue weighted by atomic mass is 10.1. The summed E-state index contributed by atoms with van der Waals surface area (Å²) in [5, 5.41) is 9.78. The minimum absolute atomic E-state index is 0.104. The summed E-state index contributed by atoms with van der Waals surface area (Å²) in [4.78, 5) is 24.6. The molecule has 2 N–H and O–H groups in total. The Balaban J connectivity index is 1.63. The maximum absolute atomic E-state index is 12.4. The SMILES string of the molecule is CCc1ccccc1NC(=O)CNC(=O)c1cnn(-c2ccccc2)c1C. The molecule has 1 aromatic heterocycles. The van der Waals surface area contributed by atoms with Gasteiger partial charge in [0, 0.05) is 5.69 Å². The van der Waals surface area contributed by atoms with Gasteiger partial charge in [0.25, 0.3) is 5.91 Å². The van der Waals surface area contributed by atoms with Crippen LogP contribution in [-0.2, 0) is 11.2 Å². The molecule has 6 nitrogen and oxygen atoms in total. The number of aryl methyl sites for hydroxylation is 1. The molecule has 0 fully saturated rings. The van der Waals surface area contributed by atoms with Crippen LogP contribution < -0.4 is 10.6 Å². The number of hydrogen-bond donors (Lipinski definition) is 2. The number of carbonyl (C=O) groups excluding carboxylic acids is 2. The number of anilines is 1. The Bertz CT molecular complexity index is 948. The maximum Gasteiger partial charge on any atom is 0.255 e. The number of nitrogens with one attached hydrogen (secondary N) is 2. The Kier molecular flexibility index (Phi) is 5.66. The van der Waals surface area contributed by atoms with Crippen LogP contribution in [0.1, 0.15) is 28.5 Å². The molecule has 138 valence electrons. The second kappa shape index (κ2) is 8.31. The molecule has 0 radical (unpaired) electrons. The summed E-state index contributed by atoms with van der Waals surface area (Å²) in [6.07, 6.45) is 2.34. The van der Waals surface area contributed by atoms with Gasteiger partial charge in [0.1, 0.15) is 0 Å². The monoisotopic (exact) mass is 362 g/mol. The van der Waals surface area contributed by atoms with E-state index in [4.69, 9.17) is 0 Å². The lowest BCUT2D eigenvalue weighted by Gasteiger charge is -2.10. The Labute approximate surface area is 158 Å². The van der Waals surface area contributed by atoms with E-state index in [0.29, 0.717) is 5.56 Å². The van der Waals surface area contributed by atoms with E-state index in [2.05, 4.69) is 15.7 Å². The average molecular weight is 362 g/mol. The number of amides is 2. The molecule has 27 heavy (non-hydrogen) atoms. The predicted octanol–water partition coefficient (Wildman–Crippen LogP) is 3.11. The van der Waals surface area contributed by atoms with Crippen LogP contribution in [0.3, 0.4) is 0 Å². The molecule has 0 aliphatic rings. The normalized spacial score (nSPS) is 10.4. The molecule has 0 bridgehead atoms. The van der Waals surface area contributed by atoms with E-state index in [1.165, 1.54) is 6.20 Å². The van der Waals surface area contributed by atoms with E-state index in [0.717, 1.165) is 29.1 Å². The number of benzene rings is 2. The lowest BCUT2D eigenvalue weighted by Crippen LogP contribution is -2.33. The topological polar surface area (TPSA) is 76.0 Å². The van der Waals surface area contributed by atoms with Gasteiger partial charge in [0.2, 0.25) is 5.91 Å². The molecule has 0 aliphatic heterocycles. The second-order valence-electron chi connectivity index (χ2n) is 6.13. The fourth-order valence-corrected chi connectivity index (χ4v) is 2.86. The highest BCUT2D eigenvalue weighted by Crippen LogP contribution is 2.15. The summed E-state index contributed by atoms with van der Waals surface area (Å²) >= 11 is 0. The maximum atomic E-state index is 12.4. The first-order chi connectivity index (χ1) is 13.1. The largest absolute Gasteiger partial charge is 0.343 e. The Hall–Kier alpha value is -3.41. The van der Waals surface area contributed by atoms with E-state index in [9.17, 15) is 9.59 Å². The van der Waals surface area contributed by atoms with Crippen molar-refractivity contribution in [2.75, 3.05) is 11.9 Å². The van der Waals surface area contributed by atoms with Gasteiger partial charge in [-0.15, -0.1) is 0 Å². The van der Waals surface area contributed by atoms with Crippen LogP contribution >= 0.6 is 0 Å². The second-order valence-corrected chi connectivity index (χ2v) is 6.13. The highest BCUT2D eigenvalue weighted by molar-refractivity contribution is 6.00. The van der Waals surface area contributed by atoms with Crippen molar-refractivity contribution in [1.82, 2.24) is 15.1 Å². The highest BCUT2D eigenvalue weighted by Gasteiger charge is 2.16. The van der Waals surface area contributed by atoms with Gasteiger partial charge < -0.3 is 10.6 Å². The first-order valence-corrected chi connectivity index (χ1v) is 8.86. The van der Waals surface area contributed by atoms with Crippen LogP contribution in [0.25, 0.3) is 5.69 Å². The van der Waals surface area contributed by atoms with Crippen molar-refractivity contribution < 1.29 is 9.59 Å². The zero-order chi connectivity index (χ0) is 19.2. The number of rotatable bonds is 6. The summed E-state index contributed by atoms with van der Waals surface area (Å²) in [6, 6.07) is 17.2. The van der Waals surface area contributed by atoms with Gasteiger partial charge >= 0.3 is 0 Å². The van der Waals surface area contributed by atoms with Gasteiger partial charge in [-0.25, -0.2) is 4.68 Å². The molecule has 0 saturated heterocycles. The Morgan fingerprint density at radius 3 is 2.48 bits per heavy atom. The van der Waals surface area contributed by atoms with E-state index >= 15 is 0 Å². The van der Waals surface area contributed by atoms with Gasteiger partial charge in [0.05, 0.1) is 29.7 Å². The van der Waals surface area contributed by atoms with Crippen molar-refractivity contribution in [2.45, 2.75) is 20.3 Å². The summed E-state index contributed by atoms with van der Waals surface area (Å²) in [5.41, 5.74) is 3.86. The fraction of sp³-hybridized carbons (Fsp3) is 0.190. The van der Waals surface area contributed by atoms with E-state index in [1.54, 1.807) is 4.68 Å². The fourth-order valence-electron chi connectivity index (χ4n) is 2.86. The molecule has 2 amide bonds. The van der Waals surface area contributed by atoms with Crippen LogP contribution in [0, 0.1) is 6.92 Å². The molecular weight excluding hydrogens is 340 g/mol. The predicted molar refractivity (Wildman–Crippen MR) is 105 cm³/mol. The van der Waals surface area contributed by atoms with Crippen LogP contribution in [0.2, 0.25) is 0 Å². The van der Waals surface area contributed by atoms with E-state index in [-0.39, 0.29) is 18.4 Å². The van der Waals surface area contributed by atoms with E-state index in [1.807, 2.05) is 68.4 Å². The Morgan fingerprint density at radius 1 is 1.04 bits per heavy atom.